The molecule has 0 aromatic heterocycles. The molecule has 0 aromatic rings. The van der Waals surface area contributed by atoms with Crippen molar-refractivity contribution in [2.75, 3.05) is 6.61 Å². The Morgan fingerprint density at radius 1 is 1.05 bits per heavy atom. The fraction of sp³-hybridized carbons (Fsp3) is 0.833. The van der Waals surface area contributed by atoms with Gasteiger partial charge in [0.2, 0.25) is 0 Å². The van der Waals surface area contributed by atoms with Crippen LogP contribution in [-0.2, 0) is 33.4 Å². The van der Waals surface area contributed by atoms with Crippen LogP contribution >= 0.6 is 0 Å². The van der Waals surface area contributed by atoms with Gasteiger partial charge >= 0.3 is 20.8 Å². The number of aliphatic hydroxyl groups excluding tert-OH is 4. The van der Waals surface area contributed by atoms with Gasteiger partial charge in [-0.1, -0.05) is 0 Å². The first-order valence-corrected chi connectivity index (χ1v) is 7.35. The summed E-state index contributed by atoms with van der Waals surface area (Å²) < 4.78 is 57.2. The van der Waals surface area contributed by atoms with Gasteiger partial charge in [0.1, 0.15) is 18.3 Å². The maximum absolute atomic E-state index is 10.9. The number of rotatable bonds is 9. The minimum Gasteiger partial charge on any atom is -0.394 e. The van der Waals surface area contributed by atoms with Crippen LogP contribution in [0.5, 0.6) is 0 Å². The van der Waals surface area contributed by atoms with E-state index in [1.165, 1.54) is 0 Å². The van der Waals surface area contributed by atoms with Crippen LogP contribution in [0.15, 0.2) is 0 Å². The smallest absolute Gasteiger partial charge is 0.394 e. The van der Waals surface area contributed by atoms with Crippen LogP contribution in [0.25, 0.3) is 0 Å². The summed E-state index contributed by atoms with van der Waals surface area (Å²) in [6.07, 6.45) is -9.16. The third-order valence-corrected chi connectivity index (χ3v) is 3.61. The van der Waals surface area contributed by atoms with Crippen LogP contribution in [0.3, 0.4) is 0 Å². The molecule has 14 heteroatoms. The van der Waals surface area contributed by atoms with Crippen molar-refractivity contribution in [1.29, 1.82) is 0 Å². The SMILES string of the molecule is O=C[C@H](OS(=O)(=O)OS(=O)(=O)O)[C@@H](O)[C@H](O)[C@H](O)CO. The van der Waals surface area contributed by atoms with Crippen molar-refractivity contribution in [1.82, 2.24) is 0 Å². The molecular weight excluding hydrogens is 328 g/mol. The molecule has 0 amide bonds. The Hall–Kier alpha value is -0.710. The maximum Gasteiger partial charge on any atom is 0.417 e. The normalized spacial score (nSPS) is 19.1. The average molecular weight is 340 g/mol. The van der Waals surface area contributed by atoms with E-state index in [4.69, 9.17) is 14.8 Å². The molecule has 0 fully saturated rings. The van der Waals surface area contributed by atoms with Crippen molar-refractivity contribution in [3.8, 4) is 0 Å². The van der Waals surface area contributed by atoms with E-state index in [1.54, 1.807) is 0 Å². The van der Waals surface area contributed by atoms with Crippen LogP contribution in [0, 0.1) is 0 Å². The van der Waals surface area contributed by atoms with Crippen molar-refractivity contribution in [3.63, 3.8) is 0 Å². The molecular formula is C6H12O12S2. The van der Waals surface area contributed by atoms with Gasteiger partial charge in [0.25, 0.3) is 0 Å². The second-order valence-electron chi connectivity index (χ2n) is 3.33. The van der Waals surface area contributed by atoms with Crippen LogP contribution in [-0.4, -0.2) is 79.1 Å². The summed E-state index contributed by atoms with van der Waals surface area (Å²) in [5, 5.41) is 36.0. The predicted molar refractivity (Wildman–Crippen MR) is 57.6 cm³/mol. The Labute approximate surface area is 113 Å². The number of aldehydes is 1. The Bertz CT molecular complexity index is 508. The summed E-state index contributed by atoms with van der Waals surface area (Å²) in [5.74, 6) is 0. The molecule has 0 rings (SSSR count). The fourth-order valence-electron chi connectivity index (χ4n) is 0.947. The first-order valence-electron chi connectivity index (χ1n) is 4.65. The lowest BCUT2D eigenvalue weighted by atomic mass is 10.0. The van der Waals surface area contributed by atoms with Crippen LogP contribution in [0.4, 0.5) is 0 Å². The Kier molecular flexibility index (Phi) is 7.08. The van der Waals surface area contributed by atoms with E-state index < -0.39 is 51.8 Å². The van der Waals surface area contributed by atoms with Gasteiger partial charge in [0, 0.05) is 0 Å². The molecule has 120 valence electrons. The number of carbonyl (C=O) groups excluding carboxylic acids is 1. The summed E-state index contributed by atoms with van der Waals surface area (Å²) in [7, 11) is -10.9. The molecule has 0 heterocycles. The van der Waals surface area contributed by atoms with Crippen LogP contribution in [0.2, 0.25) is 0 Å². The highest BCUT2D eigenvalue weighted by atomic mass is 32.3. The quantitative estimate of drug-likeness (QED) is 0.200. The van der Waals surface area contributed by atoms with E-state index >= 15 is 0 Å². The molecule has 12 nitrogen and oxygen atoms in total. The number of aliphatic hydroxyl groups is 4. The molecule has 0 saturated carbocycles. The second kappa shape index (κ2) is 7.34. The minimum atomic E-state index is -5.46. The molecule has 0 saturated heterocycles. The highest BCUT2D eigenvalue weighted by molar-refractivity contribution is 7.94. The van der Waals surface area contributed by atoms with Crippen molar-refractivity contribution in [2.24, 2.45) is 0 Å². The Balaban J connectivity index is 4.99. The topological polar surface area (TPSA) is 205 Å². The molecule has 20 heavy (non-hydrogen) atoms. The number of hydrogen-bond donors (Lipinski definition) is 5. The maximum atomic E-state index is 10.9. The minimum absolute atomic E-state index is 0.344. The first kappa shape index (κ1) is 19.3. The van der Waals surface area contributed by atoms with E-state index in [-0.39, 0.29) is 6.29 Å². The zero-order chi connectivity index (χ0) is 16.1. The summed E-state index contributed by atoms with van der Waals surface area (Å²) in [6.45, 7) is -1.03. The molecule has 0 aliphatic carbocycles. The van der Waals surface area contributed by atoms with E-state index in [1.807, 2.05) is 0 Å². The summed E-state index contributed by atoms with van der Waals surface area (Å²) >= 11 is 0. The van der Waals surface area contributed by atoms with Gasteiger partial charge in [-0.15, -0.1) is 3.63 Å². The first-order chi connectivity index (χ1) is 8.93. The van der Waals surface area contributed by atoms with E-state index in [0.717, 1.165) is 0 Å². The van der Waals surface area contributed by atoms with Gasteiger partial charge in [-0.3, -0.25) is 4.55 Å². The zero-order valence-electron chi connectivity index (χ0n) is 9.50. The third kappa shape index (κ3) is 6.64. The molecule has 4 atom stereocenters. The van der Waals surface area contributed by atoms with Gasteiger partial charge in [-0.2, -0.15) is 16.8 Å². The number of carbonyl (C=O) groups is 1. The van der Waals surface area contributed by atoms with E-state index in [2.05, 4.69) is 7.81 Å². The van der Waals surface area contributed by atoms with Gasteiger partial charge < -0.3 is 25.2 Å². The summed E-state index contributed by atoms with van der Waals surface area (Å²) in [5.41, 5.74) is 0. The predicted octanol–water partition coefficient (Wildman–Crippen LogP) is -4.29. The largest absolute Gasteiger partial charge is 0.417 e. The van der Waals surface area contributed by atoms with Crippen molar-refractivity contribution >= 4 is 27.1 Å². The number of hydrogen-bond acceptors (Lipinski definition) is 11. The Morgan fingerprint density at radius 3 is 1.90 bits per heavy atom. The van der Waals surface area contributed by atoms with Crippen LogP contribution < -0.4 is 0 Å². The van der Waals surface area contributed by atoms with Gasteiger partial charge in [0.15, 0.2) is 12.4 Å². The zero-order valence-corrected chi connectivity index (χ0v) is 11.1. The van der Waals surface area contributed by atoms with Gasteiger partial charge in [-0.05, 0) is 0 Å². The van der Waals surface area contributed by atoms with E-state index in [9.17, 15) is 31.8 Å². The lowest BCUT2D eigenvalue weighted by Gasteiger charge is -2.24. The molecule has 0 aliphatic heterocycles. The van der Waals surface area contributed by atoms with Gasteiger partial charge in [0.05, 0.1) is 6.61 Å². The summed E-state index contributed by atoms with van der Waals surface area (Å²) in [6, 6.07) is 0. The molecule has 0 radical (unpaired) electrons. The molecule has 0 spiro atoms. The van der Waals surface area contributed by atoms with E-state index in [0.29, 0.717) is 0 Å². The standard InChI is InChI=1S/C6H12O12S2/c7-1-3(9)5(10)6(11)4(2-8)17-20(15,16)18-19(12,13)14/h2-7,9-11H,1H2,(H,12,13,14)/t3-,4+,5-,6-/m1/s1. The van der Waals surface area contributed by atoms with Crippen molar-refractivity contribution in [2.45, 2.75) is 24.4 Å². The Morgan fingerprint density at radius 2 is 1.55 bits per heavy atom. The molecule has 0 aromatic carbocycles. The lowest BCUT2D eigenvalue weighted by Crippen LogP contribution is -2.48. The molecule has 0 aliphatic rings. The highest BCUT2D eigenvalue weighted by Gasteiger charge is 2.36. The van der Waals surface area contributed by atoms with Crippen molar-refractivity contribution in [3.05, 3.63) is 0 Å². The molecule has 0 bridgehead atoms. The molecule has 0 unspecified atom stereocenters. The average Bonchev–Trinajstić information content (AvgIpc) is 2.30. The lowest BCUT2D eigenvalue weighted by molar-refractivity contribution is -0.133. The monoisotopic (exact) mass is 340 g/mol. The van der Waals surface area contributed by atoms with Crippen molar-refractivity contribution < 1.29 is 54.4 Å². The van der Waals surface area contributed by atoms with Gasteiger partial charge in [-0.25, -0.2) is 4.18 Å². The fourth-order valence-corrected chi connectivity index (χ4v) is 2.35. The highest BCUT2D eigenvalue weighted by Crippen LogP contribution is 2.11. The van der Waals surface area contributed by atoms with Crippen LogP contribution in [0.1, 0.15) is 0 Å². The molecule has 5 N–H and O–H groups in total. The summed E-state index contributed by atoms with van der Waals surface area (Å²) in [4.78, 5) is 10.5. The second-order valence-corrected chi connectivity index (χ2v) is 5.74. The third-order valence-electron chi connectivity index (χ3n) is 1.80.